The number of rotatable bonds is 6. The van der Waals surface area contributed by atoms with E-state index in [2.05, 4.69) is 10.3 Å². The Morgan fingerprint density at radius 2 is 2.20 bits per heavy atom. The number of hydrogen-bond acceptors (Lipinski definition) is 4. The molecule has 1 saturated carbocycles. The minimum Gasteiger partial charge on any atom is -0.497 e. The van der Waals surface area contributed by atoms with Gasteiger partial charge in [-0.25, -0.2) is 4.98 Å². The molecule has 0 bridgehead atoms. The van der Waals surface area contributed by atoms with Gasteiger partial charge in [-0.15, -0.1) is 0 Å². The molecule has 0 radical (unpaired) electrons. The van der Waals surface area contributed by atoms with E-state index in [-0.39, 0.29) is 12.0 Å². The summed E-state index contributed by atoms with van der Waals surface area (Å²) in [6.45, 7) is 1.15. The van der Waals surface area contributed by atoms with Crippen LogP contribution in [0, 0.1) is 5.41 Å². The minimum atomic E-state index is 0.266. The van der Waals surface area contributed by atoms with Gasteiger partial charge in [0.1, 0.15) is 11.6 Å². The molecule has 20 heavy (non-hydrogen) atoms. The fourth-order valence-electron chi connectivity index (χ4n) is 2.62. The Kier molecular flexibility index (Phi) is 3.49. The van der Waals surface area contributed by atoms with Gasteiger partial charge in [0.25, 0.3) is 0 Å². The van der Waals surface area contributed by atoms with Gasteiger partial charge in [-0.2, -0.15) is 0 Å². The van der Waals surface area contributed by atoms with Gasteiger partial charge in [0.15, 0.2) is 0 Å². The second-order valence-electron chi connectivity index (χ2n) is 5.57. The summed E-state index contributed by atoms with van der Waals surface area (Å²) in [6.07, 6.45) is 5.08. The Bertz CT molecular complexity index is 608. The number of pyridine rings is 1. The molecule has 1 aromatic carbocycles. The summed E-state index contributed by atoms with van der Waals surface area (Å²) in [6, 6.07) is 8.00. The lowest BCUT2D eigenvalue weighted by Crippen LogP contribution is -2.17. The highest BCUT2D eigenvalue weighted by Crippen LogP contribution is 2.48. The number of benzene rings is 1. The first-order valence-corrected chi connectivity index (χ1v) is 7.04. The first-order chi connectivity index (χ1) is 9.76. The van der Waals surface area contributed by atoms with E-state index in [9.17, 15) is 0 Å². The van der Waals surface area contributed by atoms with E-state index in [0.29, 0.717) is 0 Å². The first-order valence-electron chi connectivity index (χ1n) is 7.04. The van der Waals surface area contributed by atoms with E-state index in [1.54, 1.807) is 7.11 Å². The number of aromatic nitrogens is 1. The molecule has 1 aliphatic carbocycles. The minimum absolute atomic E-state index is 0.266. The van der Waals surface area contributed by atoms with Crippen molar-refractivity contribution < 1.29 is 9.84 Å². The van der Waals surface area contributed by atoms with Gasteiger partial charge in [0, 0.05) is 24.7 Å². The lowest BCUT2D eigenvalue weighted by Gasteiger charge is -2.16. The number of ether oxygens (including phenoxy) is 1. The summed E-state index contributed by atoms with van der Waals surface area (Å²) in [7, 11) is 1.67. The van der Waals surface area contributed by atoms with Crippen LogP contribution in [0.3, 0.4) is 0 Å². The van der Waals surface area contributed by atoms with Crippen molar-refractivity contribution in [2.24, 2.45) is 5.41 Å². The van der Waals surface area contributed by atoms with Crippen molar-refractivity contribution in [1.29, 1.82) is 0 Å². The largest absolute Gasteiger partial charge is 0.497 e. The second-order valence-corrected chi connectivity index (χ2v) is 5.57. The molecule has 0 amide bonds. The molecule has 2 aromatic rings. The zero-order chi connectivity index (χ0) is 14.0. The third-order valence-electron chi connectivity index (χ3n) is 4.20. The Balaban J connectivity index is 1.81. The van der Waals surface area contributed by atoms with E-state index in [4.69, 9.17) is 9.84 Å². The van der Waals surface area contributed by atoms with Crippen LogP contribution in [-0.2, 0) is 0 Å². The third kappa shape index (κ3) is 2.56. The predicted molar refractivity (Wildman–Crippen MR) is 80.2 cm³/mol. The zero-order valence-electron chi connectivity index (χ0n) is 11.7. The molecule has 0 unspecified atom stereocenters. The average molecular weight is 272 g/mol. The van der Waals surface area contributed by atoms with Crippen molar-refractivity contribution in [3.05, 3.63) is 30.5 Å². The molecule has 0 aliphatic heterocycles. The topological polar surface area (TPSA) is 54.4 Å². The fourth-order valence-corrected chi connectivity index (χ4v) is 2.62. The molecule has 4 heteroatoms. The quantitative estimate of drug-likeness (QED) is 0.849. The highest BCUT2D eigenvalue weighted by molar-refractivity contribution is 5.92. The maximum atomic E-state index is 9.11. The Morgan fingerprint density at radius 3 is 2.90 bits per heavy atom. The molecule has 4 nitrogen and oxygen atoms in total. The number of fused-ring (bicyclic) bond motifs is 1. The molecule has 0 atom stereocenters. The highest BCUT2D eigenvalue weighted by atomic mass is 16.5. The Hall–Kier alpha value is -1.81. The summed E-state index contributed by atoms with van der Waals surface area (Å²) in [5, 5.41) is 14.8. The summed E-state index contributed by atoms with van der Waals surface area (Å²) < 4.78 is 5.25. The van der Waals surface area contributed by atoms with Gasteiger partial charge in [-0.05, 0) is 54.3 Å². The number of hydrogen-bond donors (Lipinski definition) is 2. The van der Waals surface area contributed by atoms with Crippen LogP contribution in [0.4, 0.5) is 5.82 Å². The lowest BCUT2D eigenvalue weighted by molar-refractivity contribution is 0.253. The van der Waals surface area contributed by atoms with Gasteiger partial charge < -0.3 is 15.2 Å². The molecule has 1 fully saturated rings. The van der Waals surface area contributed by atoms with Crippen molar-refractivity contribution in [3.8, 4) is 5.75 Å². The van der Waals surface area contributed by atoms with Gasteiger partial charge in [0.2, 0.25) is 0 Å². The van der Waals surface area contributed by atoms with Crippen molar-refractivity contribution in [2.75, 3.05) is 25.6 Å². The monoisotopic (exact) mass is 272 g/mol. The van der Waals surface area contributed by atoms with Crippen LogP contribution in [0.25, 0.3) is 10.8 Å². The third-order valence-corrected chi connectivity index (χ3v) is 4.20. The van der Waals surface area contributed by atoms with Gasteiger partial charge in [-0.1, -0.05) is 0 Å². The van der Waals surface area contributed by atoms with Crippen molar-refractivity contribution in [3.63, 3.8) is 0 Å². The number of nitrogens with zero attached hydrogens (tertiary/aromatic N) is 1. The molecule has 1 aromatic heterocycles. The number of nitrogens with one attached hydrogen (secondary N) is 1. The van der Waals surface area contributed by atoms with Gasteiger partial charge in [0.05, 0.1) is 7.11 Å². The van der Waals surface area contributed by atoms with E-state index in [1.165, 1.54) is 12.8 Å². The number of aliphatic hydroxyl groups is 1. The van der Waals surface area contributed by atoms with Crippen LogP contribution in [-0.4, -0.2) is 30.4 Å². The van der Waals surface area contributed by atoms with Crippen LogP contribution < -0.4 is 10.1 Å². The molecule has 0 saturated heterocycles. The smallest absolute Gasteiger partial charge is 0.133 e. The van der Waals surface area contributed by atoms with Crippen LogP contribution >= 0.6 is 0 Å². The van der Waals surface area contributed by atoms with Crippen molar-refractivity contribution in [2.45, 2.75) is 19.3 Å². The van der Waals surface area contributed by atoms with E-state index in [0.717, 1.165) is 35.3 Å². The van der Waals surface area contributed by atoms with Crippen LogP contribution in [0.15, 0.2) is 30.5 Å². The van der Waals surface area contributed by atoms with Crippen molar-refractivity contribution in [1.82, 2.24) is 4.98 Å². The lowest BCUT2D eigenvalue weighted by atomic mass is 10.0. The normalized spacial score (nSPS) is 16.1. The predicted octanol–water partition coefficient (Wildman–Crippen LogP) is 2.82. The number of aliphatic hydroxyl groups excluding tert-OH is 1. The van der Waals surface area contributed by atoms with E-state index < -0.39 is 0 Å². The molecule has 2 N–H and O–H groups in total. The fraction of sp³-hybridized carbons (Fsp3) is 0.438. The molecule has 106 valence electrons. The van der Waals surface area contributed by atoms with Crippen LogP contribution in [0.2, 0.25) is 0 Å². The van der Waals surface area contributed by atoms with E-state index in [1.807, 2.05) is 30.5 Å². The average Bonchev–Trinajstić information content (AvgIpc) is 3.25. The molecular formula is C16H20N2O2. The zero-order valence-corrected chi connectivity index (χ0v) is 11.7. The molecule has 1 heterocycles. The summed E-state index contributed by atoms with van der Waals surface area (Å²) in [4.78, 5) is 4.44. The van der Waals surface area contributed by atoms with Crippen molar-refractivity contribution >= 4 is 16.6 Å². The maximum Gasteiger partial charge on any atom is 0.133 e. The number of anilines is 1. The summed E-state index contributed by atoms with van der Waals surface area (Å²) in [5.41, 5.74) is 0.283. The number of methoxy groups -OCH3 is 1. The standard InChI is InChI=1S/C16H20N2O2/c1-20-13-2-3-14-12(10-13)4-8-17-15(14)18-11-16(5-6-16)7-9-19/h2-4,8,10,19H,5-7,9,11H2,1H3,(H,17,18). The molecular weight excluding hydrogens is 252 g/mol. The first kappa shape index (κ1) is 13.2. The van der Waals surface area contributed by atoms with Crippen LogP contribution in [0.1, 0.15) is 19.3 Å². The van der Waals surface area contributed by atoms with Gasteiger partial charge >= 0.3 is 0 Å². The highest BCUT2D eigenvalue weighted by Gasteiger charge is 2.41. The second kappa shape index (κ2) is 5.29. The van der Waals surface area contributed by atoms with Crippen LogP contribution in [0.5, 0.6) is 5.75 Å². The summed E-state index contributed by atoms with van der Waals surface area (Å²) in [5.74, 6) is 1.77. The van der Waals surface area contributed by atoms with Gasteiger partial charge in [-0.3, -0.25) is 0 Å². The molecule has 1 aliphatic rings. The molecule has 3 rings (SSSR count). The summed E-state index contributed by atoms with van der Waals surface area (Å²) >= 11 is 0. The Morgan fingerprint density at radius 1 is 1.35 bits per heavy atom. The van der Waals surface area contributed by atoms with E-state index >= 15 is 0 Å². The SMILES string of the molecule is COc1ccc2c(NCC3(CCO)CC3)nccc2c1. The maximum absolute atomic E-state index is 9.11. The molecule has 0 spiro atoms. The Labute approximate surface area is 118 Å².